The summed E-state index contributed by atoms with van der Waals surface area (Å²) in [5.41, 5.74) is 2.42. The molecular formula is C24H24FNO6S2. The molecule has 0 unspecified atom stereocenters. The van der Waals surface area contributed by atoms with E-state index in [4.69, 9.17) is 4.74 Å². The van der Waals surface area contributed by atoms with Crippen LogP contribution in [0.3, 0.4) is 0 Å². The van der Waals surface area contributed by atoms with E-state index in [1.165, 1.54) is 36.0 Å². The first-order valence-electron chi connectivity index (χ1n) is 10.2. The van der Waals surface area contributed by atoms with Crippen LogP contribution in [0.15, 0.2) is 77.7 Å². The number of aliphatic hydroxyl groups is 1. The molecule has 0 aromatic heterocycles. The highest BCUT2D eigenvalue weighted by molar-refractivity contribution is 7.98. The van der Waals surface area contributed by atoms with Crippen LogP contribution < -0.4 is 9.46 Å². The average Bonchev–Trinajstić information content (AvgIpc) is 2.83. The minimum Gasteiger partial charge on any atom is -0.497 e. The number of carboxylic acid groups (broad SMARTS) is 1. The molecule has 180 valence electrons. The minimum atomic E-state index is -4.20. The Labute approximate surface area is 201 Å². The molecule has 3 aromatic carbocycles. The quantitative estimate of drug-likeness (QED) is 0.365. The molecule has 0 fully saturated rings. The van der Waals surface area contributed by atoms with Gasteiger partial charge in [0.1, 0.15) is 17.6 Å². The van der Waals surface area contributed by atoms with E-state index in [9.17, 15) is 27.8 Å². The maximum atomic E-state index is 13.0. The molecule has 0 saturated carbocycles. The number of sulfonamides is 1. The van der Waals surface area contributed by atoms with Crippen molar-refractivity contribution in [1.82, 2.24) is 4.72 Å². The number of nitrogens with one attached hydrogen (secondary N) is 1. The molecule has 2 atom stereocenters. The molecule has 34 heavy (non-hydrogen) atoms. The summed E-state index contributed by atoms with van der Waals surface area (Å²) >= 11 is 1.21. The van der Waals surface area contributed by atoms with Gasteiger partial charge in [-0.15, -0.1) is 0 Å². The fourth-order valence-electron chi connectivity index (χ4n) is 3.11. The Kier molecular flexibility index (Phi) is 8.67. The van der Waals surface area contributed by atoms with Gasteiger partial charge < -0.3 is 14.9 Å². The van der Waals surface area contributed by atoms with Crippen molar-refractivity contribution in [2.24, 2.45) is 0 Å². The van der Waals surface area contributed by atoms with E-state index in [1.54, 1.807) is 43.5 Å². The molecular weight excluding hydrogens is 481 g/mol. The van der Waals surface area contributed by atoms with Gasteiger partial charge in [0.05, 0.1) is 18.1 Å². The molecule has 0 heterocycles. The summed E-state index contributed by atoms with van der Waals surface area (Å²) in [6.45, 7) is 0. The predicted molar refractivity (Wildman–Crippen MR) is 129 cm³/mol. The van der Waals surface area contributed by atoms with Crippen LogP contribution in [0.1, 0.15) is 5.56 Å². The molecule has 0 amide bonds. The number of methoxy groups -OCH3 is 1. The zero-order valence-corrected chi connectivity index (χ0v) is 19.9. The molecule has 0 aliphatic rings. The van der Waals surface area contributed by atoms with Gasteiger partial charge in [0.25, 0.3) is 0 Å². The molecule has 0 aliphatic carbocycles. The number of carbonyl (C=O) groups is 1. The number of halogens is 1. The Hall–Kier alpha value is -2.92. The van der Waals surface area contributed by atoms with Crippen molar-refractivity contribution in [3.05, 3.63) is 84.2 Å². The second-order valence-corrected chi connectivity index (χ2v) is 10.1. The summed E-state index contributed by atoms with van der Waals surface area (Å²) in [4.78, 5) is 11.5. The van der Waals surface area contributed by atoms with Gasteiger partial charge in [-0.3, -0.25) is 4.79 Å². The summed E-state index contributed by atoms with van der Waals surface area (Å²) in [6, 6.07) is 17.3. The summed E-state index contributed by atoms with van der Waals surface area (Å²) < 4.78 is 45.7. The first-order chi connectivity index (χ1) is 16.2. The lowest BCUT2D eigenvalue weighted by Crippen LogP contribution is -2.49. The number of ether oxygens (including phenoxy) is 1. The number of benzene rings is 3. The van der Waals surface area contributed by atoms with Crippen molar-refractivity contribution in [1.29, 1.82) is 0 Å². The van der Waals surface area contributed by atoms with Gasteiger partial charge in [-0.2, -0.15) is 16.5 Å². The maximum absolute atomic E-state index is 13.0. The predicted octanol–water partition coefficient (Wildman–Crippen LogP) is 3.53. The van der Waals surface area contributed by atoms with Crippen LogP contribution in [-0.4, -0.2) is 49.6 Å². The van der Waals surface area contributed by atoms with Crippen LogP contribution >= 0.6 is 11.8 Å². The second-order valence-electron chi connectivity index (χ2n) is 7.40. The van der Waals surface area contributed by atoms with Gasteiger partial charge in [-0.05, 0) is 53.1 Å². The topological polar surface area (TPSA) is 113 Å². The van der Waals surface area contributed by atoms with E-state index >= 15 is 0 Å². The van der Waals surface area contributed by atoms with E-state index in [0.717, 1.165) is 16.7 Å². The molecule has 0 radical (unpaired) electrons. The number of hydrogen-bond acceptors (Lipinski definition) is 6. The molecule has 7 nitrogen and oxygen atoms in total. The lowest BCUT2D eigenvalue weighted by Gasteiger charge is -2.20. The third-order valence-electron chi connectivity index (χ3n) is 4.99. The molecule has 3 aromatic rings. The maximum Gasteiger partial charge on any atom is 0.324 e. The van der Waals surface area contributed by atoms with E-state index in [0.29, 0.717) is 11.5 Å². The number of aliphatic carboxylic acids is 1. The van der Waals surface area contributed by atoms with Gasteiger partial charge in [0.15, 0.2) is 0 Å². The molecule has 0 saturated heterocycles. The number of aliphatic hydroxyl groups excluding tert-OH is 1. The van der Waals surface area contributed by atoms with Crippen LogP contribution in [0.2, 0.25) is 0 Å². The van der Waals surface area contributed by atoms with Gasteiger partial charge >= 0.3 is 5.97 Å². The van der Waals surface area contributed by atoms with Crippen molar-refractivity contribution in [2.75, 3.05) is 12.9 Å². The van der Waals surface area contributed by atoms with Crippen molar-refractivity contribution in [3.8, 4) is 16.9 Å². The molecule has 0 aliphatic heterocycles. The summed E-state index contributed by atoms with van der Waals surface area (Å²) in [5.74, 6) is -0.794. The third-order valence-corrected chi connectivity index (χ3v) is 7.56. The van der Waals surface area contributed by atoms with Crippen LogP contribution in [-0.2, 0) is 20.6 Å². The van der Waals surface area contributed by atoms with E-state index < -0.39 is 28.1 Å². The van der Waals surface area contributed by atoms with Crippen LogP contribution in [0, 0.1) is 5.82 Å². The van der Waals surface area contributed by atoms with Crippen molar-refractivity contribution < 1.29 is 32.6 Å². The Bertz CT molecular complexity index is 1200. The van der Waals surface area contributed by atoms with E-state index in [2.05, 4.69) is 4.72 Å². The zero-order valence-electron chi connectivity index (χ0n) is 18.2. The molecule has 10 heteroatoms. The monoisotopic (exact) mass is 505 g/mol. The normalized spacial score (nSPS) is 13.3. The van der Waals surface area contributed by atoms with Gasteiger partial charge in [-0.1, -0.05) is 36.4 Å². The highest BCUT2D eigenvalue weighted by Crippen LogP contribution is 2.24. The van der Waals surface area contributed by atoms with E-state index in [-0.39, 0.29) is 16.5 Å². The van der Waals surface area contributed by atoms with E-state index in [1.807, 2.05) is 12.1 Å². The molecule has 3 rings (SSSR count). The first-order valence-corrected chi connectivity index (χ1v) is 12.8. The first kappa shape index (κ1) is 25.7. The SMILES string of the molecule is COc1ccc(-c2ccc(S(=O)(=O)N[C@@H](C(=O)O)[C@H](O)CSCc3ccc(F)cc3)cc2)cc1. The Morgan fingerprint density at radius 2 is 1.56 bits per heavy atom. The Morgan fingerprint density at radius 1 is 1.00 bits per heavy atom. The van der Waals surface area contributed by atoms with Crippen molar-refractivity contribution in [2.45, 2.75) is 22.8 Å². The minimum absolute atomic E-state index is 0.0345. The Balaban J connectivity index is 1.65. The largest absolute Gasteiger partial charge is 0.497 e. The smallest absolute Gasteiger partial charge is 0.324 e. The van der Waals surface area contributed by atoms with Gasteiger partial charge in [0.2, 0.25) is 10.0 Å². The highest BCUT2D eigenvalue weighted by Gasteiger charge is 2.31. The fraction of sp³-hybridized carbons (Fsp3) is 0.208. The Morgan fingerprint density at radius 3 is 2.09 bits per heavy atom. The van der Waals surface area contributed by atoms with Crippen LogP contribution in [0.25, 0.3) is 11.1 Å². The average molecular weight is 506 g/mol. The zero-order chi connectivity index (χ0) is 24.7. The van der Waals surface area contributed by atoms with Gasteiger partial charge in [0, 0.05) is 11.5 Å². The second kappa shape index (κ2) is 11.5. The molecule has 3 N–H and O–H groups in total. The van der Waals surface area contributed by atoms with Crippen molar-refractivity contribution >= 4 is 27.8 Å². The standard InChI is InChI=1S/C24H24FNO6S2/c1-32-20-10-4-17(5-11-20)18-6-12-21(13-7-18)34(30,31)26-23(24(28)29)22(27)15-33-14-16-2-8-19(25)9-3-16/h2-13,22-23,26-27H,14-15H2,1H3,(H,28,29)/t22-,23-/m1/s1. The van der Waals surface area contributed by atoms with Crippen LogP contribution in [0.4, 0.5) is 4.39 Å². The number of hydrogen-bond donors (Lipinski definition) is 3. The lowest BCUT2D eigenvalue weighted by molar-refractivity contribution is -0.141. The highest BCUT2D eigenvalue weighted by atomic mass is 32.2. The summed E-state index contributed by atoms with van der Waals surface area (Å²) in [7, 11) is -2.64. The van der Waals surface area contributed by atoms with Gasteiger partial charge in [-0.25, -0.2) is 12.8 Å². The summed E-state index contributed by atoms with van der Waals surface area (Å²) in [6.07, 6.45) is -1.48. The number of rotatable bonds is 11. The molecule has 0 spiro atoms. The third kappa shape index (κ3) is 6.80. The van der Waals surface area contributed by atoms with Crippen LogP contribution in [0.5, 0.6) is 5.75 Å². The lowest BCUT2D eigenvalue weighted by atomic mass is 10.1. The fourth-order valence-corrected chi connectivity index (χ4v) is 5.32. The summed E-state index contributed by atoms with van der Waals surface area (Å²) in [5, 5.41) is 19.8. The van der Waals surface area contributed by atoms with Crippen molar-refractivity contribution in [3.63, 3.8) is 0 Å². The molecule has 0 bridgehead atoms. The number of thioether (sulfide) groups is 1. The number of carboxylic acids is 1.